The fourth-order valence-corrected chi connectivity index (χ4v) is 2.27. The number of nitrogens with zero attached hydrogens (tertiary/aromatic N) is 1. The first-order valence-electron chi connectivity index (χ1n) is 6.81. The van der Waals surface area contributed by atoms with Crippen LogP contribution in [0.15, 0.2) is 42.5 Å². The Hall–Kier alpha value is -2.60. The van der Waals surface area contributed by atoms with Gasteiger partial charge in [0.15, 0.2) is 0 Å². The number of anilines is 1. The number of carbonyl (C=O) groups excluding carboxylic acids is 1. The molecule has 0 amide bonds. The zero-order valence-corrected chi connectivity index (χ0v) is 13.3. The molecule has 0 radical (unpaired) electrons. The second-order valence-electron chi connectivity index (χ2n) is 4.90. The lowest BCUT2D eigenvalue weighted by molar-refractivity contribution is -0.385. The smallest absolute Gasteiger partial charge is 0.344 e. The summed E-state index contributed by atoms with van der Waals surface area (Å²) in [5.74, 6) is -0.750. The molecule has 0 fully saturated rings. The lowest BCUT2D eigenvalue weighted by Gasteiger charge is -2.16. The van der Waals surface area contributed by atoms with Gasteiger partial charge in [0, 0.05) is 22.8 Å². The third kappa shape index (κ3) is 3.98. The Balaban J connectivity index is 2.28. The van der Waals surface area contributed by atoms with E-state index in [0.29, 0.717) is 10.7 Å². The number of ether oxygens (including phenoxy) is 1. The summed E-state index contributed by atoms with van der Waals surface area (Å²) < 4.78 is 4.60. The lowest BCUT2D eigenvalue weighted by atomic mass is 10.1. The fourth-order valence-electron chi connectivity index (χ4n) is 2.14. The highest BCUT2D eigenvalue weighted by Gasteiger charge is 2.21. The van der Waals surface area contributed by atoms with Gasteiger partial charge >= 0.3 is 5.97 Å². The van der Waals surface area contributed by atoms with E-state index in [0.717, 1.165) is 5.56 Å². The molecule has 2 aromatic rings. The third-order valence-corrected chi connectivity index (χ3v) is 3.60. The molecule has 0 saturated carbocycles. The molecular formula is C16H15ClN2O4. The molecule has 6 nitrogen and oxygen atoms in total. The predicted molar refractivity (Wildman–Crippen MR) is 87.9 cm³/mol. The van der Waals surface area contributed by atoms with E-state index < -0.39 is 10.9 Å². The summed E-state index contributed by atoms with van der Waals surface area (Å²) in [6, 6.07) is 11.5. The summed E-state index contributed by atoms with van der Waals surface area (Å²) in [5.41, 5.74) is 1.19. The average Bonchev–Trinajstić information content (AvgIpc) is 2.54. The fraction of sp³-hybridized carbons (Fsp3) is 0.188. The Morgan fingerprint density at radius 1 is 1.26 bits per heavy atom. The lowest BCUT2D eigenvalue weighted by Crippen LogP contribution is -2.10. The van der Waals surface area contributed by atoms with Gasteiger partial charge in [0.2, 0.25) is 0 Å². The number of nitrogens with one attached hydrogen (secondary N) is 1. The van der Waals surface area contributed by atoms with Gasteiger partial charge in [0.25, 0.3) is 5.69 Å². The molecule has 0 heterocycles. The minimum atomic E-state index is -0.750. The predicted octanol–water partition coefficient (Wildman–Crippen LogP) is 4.21. The normalized spacial score (nSPS) is 11.6. The number of hydrogen-bond acceptors (Lipinski definition) is 5. The van der Waals surface area contributed by atoms with Crippen molar-refractivity contribution in [1.29, 1.82) is 0 Å². The van der Waals surface area contributed by atoms with Crippen LogP contribution in [0.4, 0.5) is 11.4 Å². The Bertz CT molecular complexity index is 731. The molecule has 1 atom stereocenters. The second kappa shape index (κ2) is 7.11. The van der Waals surface area contributed by atoms with E-state index in [-0.39, 0.29) is 17.3 Å². The molecule has 120 valence electrons. The van der Waals surface area contributed by atoms with Crippen LogP contribution in [-0.2, 0) is 4.74 Å². The average molecular weight is 335 g/mol. The van der Waals surface area contributed by atoms with Crippen molar-refractivity contribution in [2.45, 2.75) is 13.0 Å². The van der Waals surface area contributed by atoms with Gasteiger partial charge in [-0.3, -0.25) is 10.1 Å². The van der Waals surface area contributed by atoms with Crippen LogP contribution in [0.5, 0.6) is 0 Å². The van der Waals surface area contributed by atoms with Gasteiger partial charge in [-0.2, -0.15) is 0 Å². The number of esters is 1. The first kappa shape index (κ1) is 16.8. The maximum atomic E-state index is 11.7. The third-order valence-electron chi connectivity index (χ3n) is 3.35. The van der Waals surface area contributed by atoms with Crippen molar-refractivity contribution >= 4 is 28.9 Å². The zero-order valence-electron chi connectivity index (χ0n) is 12.6. The SMILES string of the molecule is COC(=O)c1cc(NC(C)c2ccc(Cl)cc2)ccc1[N+](=O)[O-]. The molecule has 23 heavy (non-hydrogen) atoms. The van der Waals surface area contributed by atoms with Crippen LogP contribution in [-0.4, -0.2) is 18.0 Å². The van der Waals surface area contributed by atoms with Gasteiger partial charge in [-0.05, 0) is 36.8 Å². The Labute approximate surface area is 138 Å². The Morgan fingerprint density at radius 2 is 1.91 bits per heavy atom. The number of rotatable bonds is 5. The number of carbonyl (C=O) groups is 1. The van der Waals surface area contributed by atoms with Crippen LogP contribution in [0.25, 0.3) is 0 Å². The van der Waals surface area contributed by atoms with Crippen molar-refractivity contribution in [2.24, 2.45) is 0 Å². The summed E-state index contributed by atoms with van der Waals surface area (Å²) in [6.45, 7) is 1.93. The molecule has 0 aliphatic rings. The molecule has 1 unspecified atom stereocenters. The first-order valence-corrected chi connectivity index (χ1v) is 7.19. The number of nitro groups is 1. The highest BCUT2D eigenvalue weighted by atomic mass is 35.5. The second-order valence-corrected chi connectivity index (χ2v) is 5.33. The molecule has 0 spiro atoms. The maximum absolute atomic E-state index is 11.7. The molecule has 0 aliphatic carbocycles. The molecule has 0 aliphatic heterocycles. The van der Waals surface area contributed by atoms with E-state index in [1.807, 2.05) is 19.1 Å². The molecule has 2 rings (SSSR count). The van der Waals surface area contributed by atoms with Crippen molar-refractivity contribution in [1.82, 2.24) is 0 Å². The van der Waals surface area contributed by atoms with Crippen LogP contribution in [0.1, 0.15) is 28.9 Å². The number of benzene rings is 2. The quantitative estimate of drug-likeness (QED) is 0.503. The molecule has 1 N–H and O–H groups in total. The highest BCUT2D eigenvalue weighted by molar-refractivity contribution is 6.30. The van der Waals surface area contributed by atoms with Crippen LogP contribution < -0.4 is 5.32 Å². The molecule has 0 aromatic heterocycles. The summed E-state index contributed by atoms with van der Waals surface area (Å²) in [6.07, 6.45) is 0. The van der Waals surface area contributed by atoms with Gasteiger partial charge in [0.05, 0.1) is 12.0 Å². The molecule has 0 bridgehead atoms. The number of nitro benzene ring substituents is 1. The van der Waals surface area contributed by atoms with Crippen LogP contribution in [0.3, 0.4) is 0 Å². The van der Waals surface area contributed by atoms with E-state index in [4.69, 9.17) is 11.6 Å². The number of methoxy groups -OCH3 is 1. The van der Waals surface area contributed by atoms with E-state index >= 15 is 0 Å². The van der Waals surface area contributed by atoms with E-state index in [9.17, 15) is 14.9 Å². The summed E-state index contributed by atoms with van der Waals surface area (Å²) >= 11 is 5.86. The van der Waals surface area contributed by atoms with Gasteiger partial charge in [0.1, 0.15) is 5.56 Å². The number of halogens is 1. The minimum absolute atomic E-state index is 0.0702. The van der Waals surface area contributed by atoms with Gasteiger partial charge < -0.3 is 10.1 Å². The molecule has 0 saturated heterocycles. The van der Waals surface area contributed by atoms with Gasteiger partial charge in [-0.15, -0.1) is 0 Å². The molecule has 2 aromatic carbocycles. The van der Waals surface area contributed by atoms with Gasteiger partial charge in [-0.25, -0.2) is 4.79 Å². The Kier molecular flexibility index (Phi) is 5.18. The van der Waals surface area contributed by atoms with E-state index in [2.05, 4.69) is 10.1 Å². The van der Waals surface area contributed by atoms with Crippen molar-refractivity contribution in [3.05, 3.63) is 68.7 Å². The zero-order chi connectivity index (χ0) is 17.0. The molecular weight excluding hydrogens is 320 g/mol. The van der Waals surface area contributed by atoms with Crippen molar-refractivity contribution < 1.29 is 14.5 Å². The molecule has 7 heteroatoms. The maximum Gasteiger partial charge on any atom is 0.344 e. The minimum Gasteiger partial charge on any atom is -0.465 e. The largest absolute Gasteiger partial charge is 0.465 e. The monoisotopic (exact) mass is 334 g/mol. The topological polar surface area (TPSA) is 81.5 Å². The number of hydrogen-bond donors (Lipinski definition) is 1. The van der Waals surface area contributed by atoms with Crippen LogP contribution in [0.2, 0.25) is 5.02 Å². The van der Waals surface area contributed by atoms with Crippen molar-refractivity contribution in [2.75, 3.05) is 12.4 Å². The van der Waals surface area contributed by atoms with Crippen molar-refractivity contribution in [3.8, 4) is 0 Å². The van der Waals surface area contributed by atoms with Crippen LogP contribution >= 0.6 is 11.6 Å². The van der Waals surface area contributed by atoms with Crippen molar-refractivity contribution in [3.63, 3.8) is 0 Å². The summed E-state index contributed by atoms with van der Waals surface area (Å²) in [4.78, 5) is 22.1. The van der Waals surface area contributed by atoms with E-state index in [1.54, 1.807) is 18.2 Å². The highest BCUT2D eigenvalue weighted by Crippen LogP contribution is 2.26. The summed E-state index contributed by atoms with van der Waals surface area (Å²) in [5, 5.41) is 14.8. The van der Waals surface area contributed by atoms with E-state index in [1.165, 1.54) is 19.2 Å². The van der Waals surface area contributed by atoms with Crippen LogP contribution in [0, 0.1) is 10.1 Å². The van der Waals surface area contributed by atoms with Gasteiger partial charge in [-0.1, -0.05) is 23.7 Å². The Morgan fingerprint density at radius 3 is 2.48 bits per heavy atom. The first-order chi connectivity index (χ1) is 10.9. The standard InChI is InChI=1S/C16H15ClN2O4/c1-10(11-3-5-12(17)6-4-11)18-13-7-8-15(19(21)22)14(9-13)16(20)23-2/h3-10,18H,1-2H3. The summed E-state index contributed by atoms with van der Waals surface area (Å²) in [7, 11) is 1.18.